The second kappa shape index (κ2) is 11.8. The normalized spacial score (nSPS) is 11.4. The first-order valence-electron chi connectivity index (χ1n) is 7.92. The highest BCUT2D eigenvalue weighted by Crippen LogP contribution is 2.16. The Morgan fingerprint density at radius 1 is 0.889 bits per heavy atom. The Morgan fingerprint density at radius 3 is 2.00 bits per heavy atom. The van der Waals surface area contributed by atoms with Crippen molar-refractivity contribution in [2.45, 2.75) is 85.1 Å². The Morgan fingerprint density at radius 2 is 1.44 bits per heavy atom. The van der Waals surface area contributed by atoms with E-state index in [9.17, 15) is 0 Å². The van der Waals surface area contributed by atoms with Gasteiger partial charge in [-0.05, 0) is 38.1 Å². The average Bonchev–Trinajstić information content (AvgIpc) is 2.25. The third kappa shape index (κ3) is 13.8. The molecule has 0 saturated heterocycles. The number of hydrogen-bond donors (Lipinski definition) is 1. The van der Waals surface area contributed by atoms with Crippen molar-refractivity contribution in [2.24, 2.45) is 5.92 Å². The molecule has 0 saturated carbocycles. The summed E-state index contributed by atoms with van der Waals surface area (Å²) in [4.78, 5) is 0. The number of unbranched alkanes of at least 4 members (excludes halogenated alkanes) is 5. The van der Waals surface area contributed by atoms with Crippen molar-refractivity contribution in [3.8, 4) is 0 Å². The van der Waals surface area contributed by atoms with Gasteiger partial charge in [0.25, 0.3) is 0 Å². The minimum atomic E-state index is 0.636. The zero-order valence-electron chi connectivity index (χ0n) is 13.2. The molecule has 0 aliphatic rings. The van der Waals surface area contributed by atoms with Crippen molar-refractivity contribution in [1.29, 1.82) is 0 Å². The SMILES string of the molecule is C=C(CCCCCCCCNC(C)C)CC(C)C. The molecular weight excluding hydrogens is 218 g/mol. The smallest absolute Gasteiger partial charge is 0.00103 e. The second-order valence-corrected chi connectivity index (χ2v) is 6.33. The number of hydrogen-bond acceptors (Lipinski definition) is 1. The molecule has 0 radical (unpaired) electrons. The molecule has 0 heterocycles. The van der Waals surface area contributed by atoms with Gasteiger partial charge in [0.15, 0.2) is 0 Å². The lowest BCUT2D eigenvalue weighted by atomic mass is 9.99. The van der Waals surface area contributed by atoms with E-state index in [0.29, 0.717) is 6.04 Å². The fourth-order valence-corrected chi connectivity index (χ4v) is 2.28. The summed E-state index contributed by atoms with van der Waals surface area (Å²) >= 11 is 0. The third-order valence-electron chi connectivity index (χ3n) is 3.21. The highest BCUT2D eigenvalue weighted by atomic mass is 14.9. The van der Waals surface area contributed by atoms with Gasteiger partial charge in [0.1, 0.15) is 0 Å². The molecule has 0 aliphatic carbocycles. The van der Waals surface area contributed by atoms with Crippen molar-refractivity contribution in [2.75, 3.05) is 6.54 Å². The van der Waals surface area contributed by atoms with Crippen LogP contribution in [-0.2, 0) is 0 Å². The monoisotopic (exact) mass is 253 g/mol. The van der Waals surface area contributed by atoms with Gasteiger partial charge in [0, 0.05) is 6.04 Å². The lowest BCUT2D eigenvalue weighted by Gasteiger charge is -2.09. The molecule has 18 heavy (non-hydrogen) atoms. The first kappa shape index (κ1) is 17.7. The van der Waals surface area contributed by atoms with E-state index in [1.807, 2.05) is 0 Å². The molecule has 0 bridgehead atoms. The molecule has 0 amide bonds. The van der Waals surface area contributed by atoms with Crippen LogP contribution in [0.2, 0.25) is 0 Å². The van der Waals surface area contributed by atoms with Crippen molar-refractivity contribution in [3.63, 3.8) is 0 Å². The Hall–Kier alpha value is -0.300. The molecular formula is C17H35N. The maximum atomic E-state index is 4.16. The second-order valence-electron chi connectivity index (χ2n) is 6.33. The van der Waals surface area contributed by atoms with Crippen LogP contribution in [0.25, 0.3) is 0 Å². The summed E-state index contributed by atoms with van der Waals surface area (Å²) in [6.07, 6.45) is 10.7. The molecule has 0 aromatic heterocycles. The molecule has 0 atom stereocenters. The van der Waals surface area contributed by atoms with Crippen LogP contribution in [-0.4, -0.2) is 12.6 Å². The van der Waals surface area contributed by atoms with Gasteiger partial charge < -0.3 is 5.32 Å². The van der Waals surface area contributed by atoms with Gasteiger partial charge in [-0.3, -0.25) is 0 Å². The van der Waals surface area contributed by atoms with E-state index >= 15 is 0 Å². The highest BCUT2D eigenvalue weighted by Gasteiger charge is 1.99. The van der Waals surface area contributed by atoms with Gasteiger partial charge in [-0.2, -0.15) is 0 Å². The predicted molar refractivity (Wildman–Crippen MR) is 84.1 cm³/mol. The summed E-state index contributed by atoms with van der Waals surface area (Å²) in [6.45, 7) is 14.3. The minimum Gasteiger partial charge on any atom is -0.315 e. The summed E-state index contributed by atoms with van der Waals surface area (Å²) < 4.78 is 0. The van der Waals surface area contributed by atoms with E-state index in [-0.39, 0.29) is 0 Å². The molecule has 0 aromatic carbocycles. The number of allylic oxidation sites excluding steroid dienone is 1. The first-order chi connectivity index (χ1) is 8.52. The van der Waals surface area contributed by atoms with E-state index in [2.05, 4.69) is 39.6 Å². The van der Waals surface area contributed by atoms with Crippen LogP contribution in [0.3, 0.4) is 0 Å². The lowest BCUT2D eigenvalue weighted by molar-refractivity contribution is 0.530. The Labute approximate surface area is 115 Å². The number of nitrogens with one attached hydrogen (secondary N) is 1. The maximum absolute atomic E-state index is 4.16. The Kier molecular flexibility index (Phi) is 11.6. The molecule has 0 spiro atoms. The van der Waals surface area contributed by atoms with Crippen LogP contribution in [0, 0.1) is 5.92 Å². The summed E-state index contributed by atoms with van der Waals surface area (Å²) in [5, 5.41) is 3.47. The predicted octanol–water partition coefficient (Wildman–Crippen LogP) is 5.32. The van der Waals surface area contributed by atoms with E-state index in [4.69, 9.17) is 0 Å². The van der Waals surface area contributed by atoms with Gasteiger partial charge >= 0.3 is 0 Å². The molecule has 1 nitrogen and oxygen atoms in total. The van der Waals surface area contributed by atoms with Gasteiger partial charge in [-0.1, -0.05) is 65.5 Å². The third-order valence-corrected chi connectivity index (χ3v) is 3.21. The molecule has 0 fully saturated rings. The summed E-state index contributed by atoms with van der Waals surface area (Å²) in [6, 6.07) is 0.636. The minimum absolute atomic E-state index is 0.636. The lowest BCUT2D eigenvalue weighted by Crippen LogP contribution is -2.23. The summed E-state index contributed by atoms with van der Waals surface area (Å²) in [5.41, 5.74) is 1.45. The van der Waals surface area contributed by atoms with Gasteiger partial charge in [0.2, 0.25) is 0 Å². The Balaban J connectivity index is 3.14. The average molecular weight is 253 g/mol. The highest BCUT2D eigenvalue weighted by molar-refractivity contribution is 4.94. The van der Waals surface area contributed by atoms with E-state index in [0.717, 1.165) is 5.92 Å². The number of rotatable bonds is 12. The summed E-state index contributed by atoms with van der Waals surface area (Å²) in [7, 11) is 0. The van der Waals surface area contributed by atoms with E-state index in [1.54, 1.807) is 0 Å². The molecule has 0 aliphatic heterocycles. The van der Waals surface area contributed by atoms with Crippen molar-refractivity contribution in [3.05, 3.63) is 12.2 Å². The molecule has 1 heteroatoms. The van der Waals surface area contributed by atoms with Gasteiger partial charge in [-0.25, -0.2) is 0 Å². The standard InChI is InChI=1S/C17H35N/c1-15(2)14-17(5)12-10-8-6-7-9-11-13-18-16(3)4/h15-16,18H,5-14H2,1-4H3. The van der Waals surface area contributed by atoms with Crippen LogP contribution in [0.4, 0.5) is 0 Å². The Bertz CT molecular complexity index is 194. The van der Waals surface area contributed by atoms with Crippen molar-refractivity contribution in [1.82, 2.24) is 5.32 Å². The molecule has 0 aromatic rings. The van der Waals surface area contributed by atoms with Crippen LogP contribution in [0.1, 0.15) is 79.1 Å². The van der Waals surface area contributed by atoms with Gasteiger partial charge in [-0.15, -0.1) is 0 Å². The quantitative estimate of drug-likeness (QED) is 0.367. The van der Waals surface area contributed by atoms with Crippen LogP contribution >= 0.6 is 0 Å². The van der Waals surface area contributed by atoms with Crippen LogP contribution < -0.4 is 5.32 Å². The van der Waals surface area contributed by atoms with E-state index < -0.39 is 0 Å². The fraction of sp³-hybridized carbons (Fsp3) is 0.882. The van der Waals surface area contributed by atoms with Crippen LogP contribution in [0.15, 0.2) is 12.2 Å². The van der Waals surface area contributed by atoms with Crippen molar-refractivity contribution < 1.29 is 0 Å². The maximum Gasteiger partial charge on any atom is 0.00103 e. The molecule has 0 unspecified atom stereocenters. The van der Waals surface area contributed by atoms with E-state index in [1.165, 1.54) is 63.5 Å². The topological polar surface area (TPSA) is 12.0 Å². The first-order valence-corrected chi connectivity index (χ1v) is 7.92. The molecule has 1 N–H and O–H groups in total. The zero-order chi connectivity index (χ0) is 13.8. The zero-order valence-corrected chi connectivity index (χ0v) is 13.2. The van der Waals surface area contributed by atoms with Crippen LogP contribution in [0.5, 0.6) is 0 Å². The molecule has 108 valence electrons. The van der Waals surface area contributed by atoms with Gasteiger partial charge in [0.05, 0.1) is 0 Å². The largest absolute Gasteiger partial charge is 0.315 e. The molecule has 0 rings (SSSR count). The fourth-order valence-electron chi connectivity index (χ4n) is 2.28. The summed E-state index contributed by atoms with van der Waals surface area (Å²) in [5.74, 6) is 0.769. The van der Waals surface area contributed by atoms with Crippen molar-refractivity contribution >= 4 is 0 Å².